The van der Waals surface area contributed by atoms with Gasteiger partial charge >= 0.3 is 0 Å². The number of aromatic nitrogens is 1. The number of nitrogens with two attached hydrogens (primary N) is 1. The van der Waals surface area contributed by atoms with Crippen LogP contribution in [0.5, 0.6) is 0 Å². The maximum absolute atomic E-state index is 5.93. The van der Waals surface area contributed by atoms with E-state index < -0.39 is 0 Å². The van der Waals surface area contributed by atoms with Gasteiger partial charge in [0, 0.05) is 24.5 Å². The van der Waals surface area contributed by atoms with Gasteiger partial charge in [0.1, 0.15) is 0 Å². The number of rotatable bonds is 6. The van der Waals surface area contributed by atoms with E-state index in [0.29, 0.717) is 12.5 Å². The van der Waals surface area contributed by atoms with E-state index in [9.17, 15) is 0 Å². The van der Waals surface area contributed by atoms with Gasteiger partial charge in [-0.25, -0.2) is 4.98 Å². The fraction of sp³-hybridized carbons (Fsp3) is 0.824. The van der Waals surface area contributed by atoms with Gasteiger partial charge < -0.3 is 10.6 Å². The average molecular weight is 310 g/mol. The minimum Gasteiger partial charge on any atom is -0.348 e. The van der Waals surface area contributed by atoms with Gasteiger partial charge in [-0.1, -0.05) is 33.6 Å². The SMILES string of the molecule is CCCC1CCCN(c2nc(C(C)CC)c(CN)s2)CC1. The molecule has 0 aromatic carbocycles. The molecular weight excluding hydrogens is 278 g/mol. The zero-order valence-electron chi connectivity index (χ0n) is 13.9. The van der Waals surface area contributed by atoms with Crippen LogP contribution in [-0.4, -0.2) is 18.1 Å². The van der Waals surface area contributed by atoms with Crippen molar-refractivity contribution in [2.45, 2.75) is 71.8 Å². The number of nitrogens with zero attached hydrogens (tertiary/aromatic N) is 2. The van der Waals surface area contributed by atoms with Crippen molar-refractivity contribution >= 4 is 16.5 Å². The van der Waals surface area contributed by atoms with Crippen molar-refractivity contribution in [3.05, 3.63) is 10.6 Å². The average Bonchev–Trinajstić information content (AvgIpc) is 2.80. The largest absolute Gasteiger partial charge is 0.348 e. The predicted octanol–water partition coefficient (Wildman–Crippen LogP) is 4.52. The van der Waals surface area contributed by atoms with E-state index >= 15 is 0 Å². The standard InChI is InChI=1S/C17H31N3S/c1-4-7-14-8-6-10-20(11-9-14)17-19-16(13(3)5-2)15(12-18)21-17/h13-14H,4-12,18H2,1-3H3. The van der Waals surface area contributed by atoms with Gasteiger partial charge in [-0.05, 0) is 37.5 Å². The Morgan fingerprint density at radius 2 is 2.14 bits per heavy atom. The van der Waals surface area contributed by atoms with E-state index in [4.69, 9.17) is 10.7 Å². The first kappa shape index (κ1) is 16.8. The highest BCUT2D eigenvalue weighted by atomic mass is 32.1. The van der Waals surface area contributed by atoms with E-state index in [1.54, 1.807) is 0 Å². The fourth-order valence-corrected chi connectivity index (χ4v) is 4.37. The molecule has 4 heteroatoms. The Morgan fingerprint density at radius 1 is 1.33 bits per heavy atom. The molecule has 0 spiro atoms. The lowest BCUT2D eigenvalue weighted by Gasteiger charge is -2.19. The monoisotopic (exact) mass is 309 g/mol. The molecule has 0 amide bonds. The van der Waals surface area contributed by atoms with Gasteiger partial charge in [0.25, 0.3) is 0 Å². The Labute approximate surface area is 133 Å². The molecule has 3 nitrogen and oxygen atoms in total. The van der Waals surface area contributed by atoms with Crippen molar-refractivity contribution < 1.29 is 0 Å². The van der Waals surface area contributed by atoms with Crippen LogP contribution >= 0.6 is 11.3 Å². The first-order valence-corrected chi connectivity index (χ1v) is 9.45. The summed E-state index contributed by atoms with van der Waals surface area (Å²) in [7, 11) is 0. The van der Waals surface area contributed by atoms with Crippen LogP contribution in [-0.2, 0) is 6.54 Å². The van der Waals surface area contributed by atoms with Crippen LogP contribution in [0.4, 0.5) is 5.13 Å². The Bertz CT molecular complexity index is 430. The van der Waals surface area contributed by atoms with E-state index in [1.165, 1.54) is 54.4 Å². The van der Waals surface area contributed by atoms with Crippen molar-refractivity contribution in [1.29, 1.82) is 0 Å². The first-order chi connectivity index (χ1) is 10.2. The zero-order chi connectivity index (χ0) is 15.2. The molecule has 120 valence electrons. The summed E-state index contributed by atoms with van der Waals surface area (Å²) >= 11 is 1.82. The number of hydrogen-bond donors (Lipinski definition) is 1. The molecule has 1 saturated heterocycles. The molecule has 0 aliphatic carbocycles. The summed E-state index contributed by atoms with van der Waals surface area (Å²) < 4.78 is 0. The smallest absolute Gasteiger partial charge is 0.185 e. The second-order valence-electron chi connectivity index (χ2n) is 6.39. The van der Waals surface area contributed by atoms with Crippen LogP contribution in [0.25, 0.3) is 0 Å². The Morgan fingerprint density at radius 3 is 2.81 bits per heavy atom. The molecule has 2 unspecified atom stereocenters. The highest BCUT2D eigenvalue weighted by molar-refractivity contribution is 7.15. The highest BCUT2D eigenvalue weighted by Gasteiger charge is 2.21. The van der Waals surface area contributed by atoms with Crippen molar-refractivity contribution in [3.63, 3.8) is 0 Å². The Balaban J connectivity index is 2.09. The number of hydrogen-bond acceptors (Lipinski definition) is 4. The van der Waals surface area contributed by atoms with Crippen LogP contribution in [0.1, 0.15) is 75.8 Å². The van der Waals surface area contributed by atoms with Crippen LogP contribution in [0, 0.1) is 5.92 Å². The van der Waals surface area contributed by atoms with Crippen molar-refractivity contribution in [3.8, 4) is 0 Å². The van der Waals surface area contributed by atoms with Crippen molar-refractivity contribution in [2.24, 2.45) is 11.7 Å². The molecular formula is C17H31N3S. The molecule has 2 atom stereocenters. The molecule has 2 rings (SSSR count). The minimum absolute atomic E-state index is 0.522. The summed E-state index contributed by atoms with van der Waals surface area (Å²) in [4.78, 5) is 8.74. The molecule has 0 saturated carbocycles. The second-order valence-corrected chi connectivity index (χ2v) is 7.45. The molecule has 1 aromatic rings. The number of thiazole rings is 1. The van der Waals surface area contributed by atoms with Gasteiger partial charge in [0.2, 0.25) is 0 Å². The summed E-state index contributed by atoms with van der Waals surface area (Å²) in [6, 6.07) is 0. The Kier molecular flexibility index (Phi) is 6.49. The lowest BCUT2D eigenvalue weighted by molar-refractivity contribution is 0.435. The Hall–Kier alpha value is -0.610. The summed E-state index contributed by atoms with van der Waals surface area (Å²) in [5.74, 6) is 1.44. The van der Waals surface area contributed by atoms with Gasteiger partial charge in [0.05, 0.1) is 5.69 Å². The van der Waals surface area contributed by atoms with Crippen LogP contribution in [0.2, 0.25) is 0 Å². The third-order valence-corrected chi connectivity index (χ3v) is 5.95. The summed E-state index contributed by atoms with van der Waals surface area (Å²) in [6.07, 6.45) is 7.85. The normalized spacial score (nSPS) is 21.3. The van der Waals surface area contributed by atoms with Crippen molar-refractivity contribution in [2.75, 3.05) is 18.0 Å². The topological polar surface area (TPSA) is 42.2 Å². The van der Waals surface area contributed by atoms with Gasteiger partial charge in [-0.15, -0.1) is 11.3 Å². The predicted molar refractivity (Wildman–Crippen MR) is 93.2 cm³/mol. The maximum atomic E-state index is 5.93. The quantitative estimate of drug-likeness (QED) is 0.840. The fourth-order valence-electron chi connectivity index (χ4n) is 3.26. The lowest BCUT2D eigenvalue weighted by Crippen LogP contribution is -2.24. The van der Waals surface area contributed by atoms with Gasteiger partial charge in [-0.2, -0.15) is 0 Å². The third kappa shape index (κ3) is 4.19. The van der Waals surface area contributed by atoms with E-state index in [0.717, 1.165) is 18.9 Å². The second kappa shape index (κ2) is 8.14. The zero-order valence-corrected chi connectivity index (χ0v) is 14.7. The lowest BCUT2D eigenvalue weighted by atomic mass is 9.96. The maximum Gasteiger partial charge on any atom is 0.185 e. The molecule has 1 aromatic heterocycles. The molecule has 1 aliphatic rings. The molecule has 1 fully saturated rings. The van der Waals surface area contributed by atoms with Crippen LogP contribution < -0.4 is 10.6 Å². The molecule has 2 N–H and O–H groups in total. The third-order valence-electron chi connectivity index (χ3n) is 4.80. The molecule has 0 radical (unpaired) electrons. The van der Waals surface area contributed by atoms with Crippen LogP contribution in [0.15, 0.2) is 0 Å². The number of anilines is 1. The van der Waals surface area contributed by atoms with Gasteiger partial charge in [-0.3, -0.25) is 0 Å². The minimum atomic E-state index is 0.522. The van der Waals surface area contributed by atoms with Crippen molar-refractivity contribution in [1.82, 2.24) is 4.98 Å². The van der Waals surface area contributed by atoms with E-state index in [1.807, 2.05) is 11.3 Å². The molecule has 21 heavy (non-hydrogen) atoms. The van der Waals surface area contributed by atoms with E-state index in [2.05, 4.69) is 25.7 Å². The van der Waals surface area contributed by atoms with E-state index in [-0.39, 0.29) is 0 Å². The van der Waals surface area contributed by atoms with Gasteiger partial charge in [0.15, 0.2) is 5.13 Å². The summed E-state index contributed by atoms with van der Waals surface area (Å²) in [5.41, 5.74) is 7.18. The summed E-state index contributed by atoms with van der Waals surface area (Å²) in [5, 5.41) is 1.21. The molecule has 1 aliphatic heterocycles. The molecule has 2 heterocycles. The highest BCUT2D eigenvalue weighted by Crippen LogP contribution is 2.33. The summed E-state index contributed by atoms with van der Waals surface area (Å²) in [6.45, 7) is 9.75. The first-order valence-electron chi connectivity index (χ1n) is 8.64. The van der Waals surface area contributed by atoms with Crippen LogP contribution in [0.3, 0.4) is 0 Å². The molecule has 0 bridgehead atoms.